The molecule has 1 aliphatic heterocycles. The van der Waals surface area contributed by atoms with E-state index in [4.69, 9.17) is 12.2 Å². The summed E-state index contributed by atoms with van der Waals surface area (Å²) in [6.45, 7) is 6.34. The lowest BCUT2D eigenvalue weighted by atomic mass is 9.96. The summed E-state index contributed by atoms with van der Waals surface area (Å²) in [5.74, 6) is 0.257. The van der Waals surface area contributed by atoms with E-state index in [-0.39, 0.29) is 17.8 Å². The number of hydrogen-bond donors (Lipinski definition) is 2. The van der Waals surface area contributed by atoms with E-state index in [1.54, 1.807) is 12.1 Å². The number of aromatic hydroxyl groups is 1. The maximum absolute atomic E-state index is 9.75. The standard InChI is InChI=1S/C27H26N4OS/c1-17-7-6-8-21(15-17)31-26(25(29-27(31)33)24-9-4-5-14-28-24)23-16-18(2)30(19(23)3)20-10-12-22(32)13-11-20/h4-16,25-26,32H,1-3H3,(H,29,33)/t25-,26-/m1/s1. The van der Waals surface area contributed by atoms with Crippen LogP contribution in [0.4, 0.5) is 5.69 Å². The van der Waals surface area contributed by atoms with E-state index in [0.717, 1.165) is 28.5 Å². The number of aryl methyl sites for hydroxylation is 2. The molecular weight excluding hydrogens is 428 g/mol. The molecule has 0 saturated carbocycles. The van der Waals surface area contributed by atoms with Gasteiger partial charge in [-0.1, -0.05) is 18.2 Å². The highest BCUT2D eigenvalue weighted by Gasteiger charge is 2.42. The van der Waals surface area contributed by atoms with Crippen molar-refractivity contribution in [1.82, 2.24) is 14.9 Å². The number of benzene rings is 2. The Morgan fingerprint density at radius 2 is 1.70 bits per heavy atom. The van der Waals surface area contributed by atoms with Gasteiger partial charge < -0.3 is 19.9 Å². The van der Waals surface area contributed by atoms with Crippen molar-refractivity contribution >= 4 is 23.0 Å². The molecule has 33 heavy (non-hydrogen) atoms. The Hall–Kier alpha value is -3.64. The molecule has 1 fully saturated rings. The highest BCUT2D eigenvalue weighted by Crippen LogP contribution is 2.43. The summed E-state index contributed by atoms with van der Waals surface area (Å²) in [5, 5.41) is 14.0. The van der Waals surface area contributed by atoms with Crippen molar-refractivity contribution in [2.45, 2.75) is 32.9 Å². The fourth-order valence-electron chi connectivity index (χ4n) is 4.81. The highest BCUT2D eigenvalue weighted by molar-refractivity contribution is 7.80. The fraction of sp³-hybridized carbons (Fsp3) is 0.185. The molecular formula is C27H26N4OS. The van der Waals surface area contributed by atoms with Crippen molar-refractivity contribution in [3.63, 3.8) is 0 Å². The number of hydrogen-bond acceptors (Lipinski definition) is 3. The fourth-order valence-corrected chi connectivity index (χ4v) is 5.16. The number of aromatic nitrogens is 2. The molecule has 2 N–H and O–H groups in total. The first-order valence-electron chi connectivity index (χ1n) is 11.0. The first-order chi connectivity index (χ1) is 15.9. The molecule has 2 atom stereocenters. The van der Waals surface area contributed by atoms with Gasteiger partial charge in [0.25, 0.3) is 0 Å². The van der Waals surface area contributed by atoms with Crippen molar-refractivity contribution < 1.29 is 5.11 Å². The normalized spacial score (nSPS) is 17.9. The quantitative estimate of drug-likeness (QED) is 0.389. The summed E-state index contributed by atoms with van der Waals surface area (Å²) >= 11 is 5.86. The van der Waals surface area contributed by atoms with Crippen LogP contribution in [0.2, 0.25) is 0 Å². The van der Waals surface area contributed by atoms with Crippen molar-refractivity contribution in [3.05, 3.63) is 107 Å². The summed E-state index contributed by atoms with van der Waals surface area (Å²) in [6, 6.07) is 23.8. The van der Waals surface area contributed by atoms with Crippen LogP contribution in [0, 0.1) is 20.8 Å². The van der Waals surface area contributed by atoms with E-state index >= 15 is 0 Å². The smallest absolute Gasteiger partial charge is 0.174 e. The van der Waals surface area contributed by atoms with Gasteiger partial charge in [0.05, 0.1) is 17.8 Å². The van der Waals surface area contributed by atoms with Crippen LogP contribution in [0.25, 0.3) is 5.69 Å². The van der Waals surface area contributed by atoms with Crippen LogP contribution in [-0.2, 0) is 0 Å². The monoisotopic (exact) mass is 454 g/mol. The zero-order valence-electron chi connectivity index (χ0n) is 18.9. The van der Waals surface area contributed by atoms with E-state index in [9.17, 15) is 5.11 Å². The summed E-state index contributed by atoms with van der Waals surface area (Å²) in [7, 11) is 0. The molecule has 2 aromatic heterocycles. The largest absolute Gasteiger partial charge is 0.508 e. The second-order valence-corrected chi connectivity index (χ2v) is 8.90. The van der Waals surface area contributed by atoms with Crippen LogP contribution in [0.3, 0.4) is 0 Å². The topological polar surface area (TPSA) is 53.3 Å². The number of phenolic OH excluding ortho intramolecular Hbond substituents is 1. The van der Waals surface area contributed by atoms with Crippen molar-refractivity contribution in [2.75, 3.05) is 4.90 Å². The van der Waals surface area contributed by atoms with Crippen LogP contribution >= 0.6 is 12.2 Å². The minimum atomic E-state index is -0.0898. The number of thiocarbonyl (C=S) groups is 1. The molecule has 2 aromatic carbocycles. The van der Waals surface area contributed by atoms with E-state index in [1.165, 1.54) is 11.1 Å². The molecule has 0 amide bonds. The van der Waals surface area contributed by atoms with Gasteiger partial charge in [0.2, 0.25) is 0 Å². The number of anilines is 1. The molecule has 4 aromatic rings. The van der Waals surface area contributed by atoms with Crippen LogP contribution in [0.5, 0.6) is 5.75 Å². The average Bonchev–Trinajstić information content (AvgIpc) is 3.30. The molecule has 0 spiro atoms. The molecule has 166 valence electrons. The highest BCUT2D eigenvalue weighted by atomic mass is 32.1. The Kier molecular flexibility index (Phi) is 5.38. The number of rotatable bonds is 4. The molecule has 3 heterocycles. The molecule has 5 nitrogen and oxygen atoms in total. The number of nitrogens with zero attached hydrogens (tertiary/aromatic N) is 3. The van der Waals surface area contributed by atoms with E-state index in [0.29, 0.717) is 5.11 Å². The third-order valence-corrected chi connectivity index (χ3v) is 6.59. The maximum Gasteiger partial charge on any atom is 0.174 e. The first-order valence-corrected chi connectivity index (χ1v) is 11.4. The SMILES string of the molecule is Cc1cccc(N2C(=S)N[C@H](c3ccccn3)[C@H]2c2cc(C)n(-c3ccc(O)cc3)c2C)c1. The third-order valence-electron chi connectivity index (χ3n) is 6.27. The van der Waals surface area contributed by atoms with Gasteiger partial charge >= 0.3 is 0 Å². The van der Waals surface area contributed by atoms with E-state index in [2.05, 4.69) is 70.9 Å². The average molecular weight is 455 g/mol. The predicted molar refractivity (Wildman–Crippen MR) is 136 cm³/mol. The molecule has 0 bridgehead atoms. The Morgan fingerprint density at radius 1 is 0.909 bits per heavy atom. The van der Waals surface area contributed by atoms with Gasteiger partial charge in [0.1, 0.15) is 5.75 Å². The molecule has 1 saturated heterocycles. The van der Waals surface area contributed by atoms with Crippen molar-refractivity contribution in [3.8, 4) is 11.4 Å². The first kappa shape index (κ1) is 21.2. The summed E-state index contributed by atoms with van der Waals surface area (Å²) < 4.78 is 2.22. The zero-order chi connectivity index (χ0) is 23.1. The van der Waals surface area contributed by atoms with Crippen molar-refractivity contribution in [2.24, 2.45) is 0 Å². The van der Waals surface area contributed by atoms with Crippen LogP contribution < -0.4 is 10.2 Å². The lowest BCUT2D eigenvalue weighted by Gasteiger charge is -2.28. The maximum atomic E-state index is 9.75. The molecule has 0 radical (unpaired) electrons. The Bertz CT molecular complexity index is 1310. The third kappa shape index (κ3) is 3.76. The minimum Gasteiger partial charge on any atom is -0.508 e. The Morgan fingerprint density at radius 3 is 2.39 bits per heavy atom. The van der Waals surface area contributed by atoms with Crippen LogP contribution in [-0.4, -0.2) is 19.8 Å². The van der Waals surface area contributed by atoms with Gasteiger partial charge in [-0.2, -0.15) is 0 Å². The Labute approximate surface area is 199 Å². The number of pyridine rings is 1. The van der Waals surface area contributed by atoms with Crippen LogP contribution in [0.15, 0.2) is 79.0 Å². The van der Waals surface area contributed by atoms with Gasteiger partial charge in [-0.05, 0) is 98.7 Å². The predicted octanol–water partition coefficient (Wildman–Crippen LogP) is 5.68. The van der Waals surface area contributed by atoms with Gasteiger partial charge in [-0.3, -0.25) is 4.98 Å². The molecule has 1 aliphatic rings. The summed E-state index contributed by atoms with van der Waals surface area (Å²) in [6.07, 6.45) is 1.83. The minimum absolute atomic E-state index is 0.0636. The second kappa shape index (κ2) is 8.37. The van der Waals surface area contributed by atoms with Crippen molar-refractivity contribution in [1.29, 1.82) is 0 Å². The summed E-state index contributed by atoms with van der Waals surface area (Å²) in [5.41, 5.74) is 7.65. The lowest BCUT2D eigenvalue weighted by molar-refractivity contribution is 0.475. The van der Waals surface area contributed by atoms with Gasteiger partial charge in [0.15, 0.2) is 5.11 Å². The van der Waals surface area contributed by atoms with Gasteiger partial charge in [0, 0.05) is 29.0 Å². The van der Waals surface area contributed by atoms with E-state index in [1.807, 2.05) is 36.5 Å². The summed E-state index contributed by atoms with van der Waals surface area (Å²) in [4.78, 5) is 6.87. The molecule has 0 unspecified atom stereocenters. The van der Waals surface area contributed by atoms with Gasteiger partial charge in [-0.25, -0.2) is 0 Å². The molecule has 6 heteroatoms. The second-order valence-electron chi connectivity index (χ2n) is 8.51. The molecule has 0 aliphatic carbocycles. The lowest BCUT2D eigenvalue weighted by Crippen LogP contribution is -2.29. The number of nitrogens with one attached hydrogen (secondary N) is 1. The Balaban J connectivity index is 1.68. The van der Waals surface area contributed by atoms with E-state index < -0.39 is 0 Å². The molecule has 5 rings (SSSR count). The number of phenols is 1. The van der Waals surface area contributed by atoms with Crippen LogP contribution in [0.1, 0.15) is 40.3 Å². The zero-order valence-corrected chi connectivity index (χ0v) is 19.7. The van der Waals surface area contributed by atoms with Gasteiger partial charge in [-0.15, -0.1) is 0 Å².